The number of hydrogen-bond acceptors (Lipinski definition) is 3. The first-order valence-electron chi connectivity index (χ1n) is 12.2. The molecule has 4 nitrogen and oxygen atoms in total. The van der Waals surface area contributed by atoms with E-state index in [-0.39, 0.29) is 18.2 Å². The summed E-state index contributed by atoms with van der Waals surface area (Å²) in [6.07, 6.45) is -4.94. The van der Waals surface area contributed by atoms with E-state index in [1.54, 1.807) is 18.2 Å². The Kier molecular flexibility index (Phi) is 8.48. The monoisotopic (exact) mass is 519 g/mol. The van der Waals surface area contributed by atoms with Gasteiger partial charge in [0, 0.05) is 18.6 Å². The van der Waals surface area contributed by atoms with Gasteiger partial charge in [-0.15, -0.1) is 13.2 Å². The highest BCUT2D eigenvalue weighted by Gasteiger charge is 2.31. The summed E-state index contributed by atoms with van der Waals surface area (Å²) in [5.41, 5.74) is 4.04. The van der Waals surface area contributed by atoms with Gasteiger partial charge in [0.1, 0.15) is 5.75 Å². The van der Waals surface area contributed by atoms with Crippen LogP contribution >= 0.6 is 0 Å². The van der Waals surface area contributed by atoms with E-state index in [0.29, 0.717) is 17.7 Å². The zero-order valence-electron chi connectivity index (χ0n) is 20.8. The summed E-state index contributed by atoms with van der Waals surface area (Å²) in [7, 11) is 0. The van der Waals surface area contributed by atoms with Crippen LogP contribution < -0.4 is 4.74 Å². The summed E-state index contributed by atoms with van der Waals surface area (Å²) in [4.78, 5) is 14.2. The van der Waals surface area contributed by atoms with E-state index in [2.05, 4.69) is 16.6 Å². The molecule has 0 heterocycles. The molecule has 196 valence electrons. The number of rotatable bonds is 10. The molecule has 4 aromatic rings. The number of carboxylic acids is 1. The molecule has 4 rings (SSSR count). The maximum Gasteiger partial charge on any atom is 0.573 e. The maximum absolute atomic E-state index is 12.8. The van der Waals surface area contributed by atoms with Crippen molar-refractivity contribution < 1.29 is 27.8 Å². The molecule has 0 fully saturated rings. The molecule has 0 aromatic heterocycles. The highest BCUT2D eigenvalue weighted by atomic mass is 19.4. The zero-order valence-corrected chi connectivity index (χ0v) is 20.8. The van der Waals surface area contributed by atoms with Crippen LogP contribution in [0.2, 0.25) is 0 Å². The van der Waals surface area contributed by atoms with Gasteiger partial charge in [0.2, 0.25) is 0 Å². The first kappa shape index (κ1) is 26.9. The highest BCUT2D eigenvalue weighted by molar-refractivity contribution is 5.69. The van der Waals surface area contributed by atoms with Gasteiger partial charge >= 0.3 is 12.3 Å². The molecule has 0 spiro atoms. The van der Waals surface area contributed by atoms with Crippen LogP contribution in [-0.4, -0.2) is 22.3 Å². The molecule has 0 bridgehead atoms. The summed E-state index contributed by atoms with van der Waals surface area (Å²) >= 11 is 0. The van der Waals surface area contributed by atoms with Crippen LogP contribution in [0.5, 0.6) is 5.75 Å². The molecule has 0 aliphatic heterocycles. The number of hydrogen-bond donors (Lipinski definition) is 1. The molecule has 2 unspecified atom stereocenters. The summed E-state index contributed by atoms with van der Waals surface area (Å²) in [6, 6.07) is 32.2. The van der Waals surface area contributed by atoms with Crippen LogP contribution in [-0.2, 0) is 11.3 Å². The standard InChI is InChI=1S/C31H28F3NO3/c1-22(24-12-6-3-7-13-24)35(21-23-10-4-2-5-11-23)29(20-30(36)37)27-16-8-14-25(18-27)26-15-9-17-28(19-26)38-31(32,33)34/h2-19,22,29H,20-21H2,1H3,(H,36,37). The summed E-state index contributed by atoms with van der Waals surface area (Å²) in [5, 5.41) is 9.89. The van der Waals surface area contributed by atoms with Crippen molar-refractivity contribution in [1.29, 1.82) is 0 Å². The predicted octanol–water partition coefficient (Wildman–Crippen LogP) is 8.03. The zero-order chi connectivity index (χ0) is 27.1. The van der Waals surface area contributed by atoms with Gasteiger partial charge in [0.05, 0.1) is 6.42 Å². The van der Waals surface area contributed by atoms with E-state index in [9.17, 15) is 23.1 Å². The first-order chi connectivity index (χ1) is 18.2. The third-order valence-corrected chi connectivity index (χ3v) is 6.43. The fourth-order valence-corrected chi connectivity index (χ4v) is 4.62. The number of nitrogens with zero attached hydrogens (tertiary/aromatic N) is 1. The number of carboxylic acid groups (broad SMARTS) is 1. The van der Waals surface area contributed by atoms with Gasteiger partial charge < -0.3 is 9.84 Å². The van der Waals surface area contributed by atoms with E-state index in [4.69, 9.17) is 0 Å². The Morgan fingerprint density at radius 3 is 2.03 bits per heavy atom. The third kappa shape index (κ3) is 7.23. The van der Waals surface area contributed by atoms with Gasteiger partial charge in [-0.2, -0.15) is 0 Å². The Bertz CT molecular complexity index is 1340. The van der Waals surface area contributed by atoms with Crippen LogP contribution in [0.3, 0.4) is 0 Å². The lowest BCUT2D eigenvalue weighted by Crippen LogP contribution is -2.32. The smallest absolute Gasteiger partial charge is 0.481 e. The maximum atomic E-state index is 12.8. The predicted molar refractivity (Wildman–Crippen MR) is 140 cm³/mol. The average molecular weight is 520 g/mol. The van der Waals surface area contributed by atoms with Gasteiger partial charge in [0.15, 0.2) is 0 Å². The van der Waals surface area contributed by atoms with Gasteiger partial charge in [0.25, 0.3) is 0 Å². The second kappa shape index (κ2) is 12.0. The van der Waals surface area contributed by atoms with Crippen LogP contribution in [0.15, 0.2) is 109 Å². The number of ether oxygens (including phenoxy) is 1. The molecular weight excluding hydrogens is 491 g/mol. The summed E-state index contributed by atoms with van der Waals surface area (Å²) in [5.74, 6) is -1.26. The molecule has 0 saturated heterocycles. The van der Waals surface area contributed by atoms with Crippen molar-refractivity contribution in [3.8, 4) is 16.9 Å². The fourth-order valence-electron chi connectivity index (χ4n) is 4.62. The van der Waals surface area contributed by atoms with E-state index in [0.717, 1.165) is 16.7 Å². The number of halogens is 3. The molecule has 0 aliphatic carbocycles. The number of carbonyl (C=O) groups is 1. The van der Waals surface area contributed by atoms with Crippen molar-refractivity contribution in [2.24, 2.45) is 0 Å². The van der Waals surface area contributed by atoms with Crippen LogP contribution in [0, 0.1) is 0 Å². The molecule has 7 heteroatoms. The number of benzene rings is 4. The Morgan fingerprint density at radius 1 is 0.816 bits per heavy atom. The van der Waals surface area contributed by atoms with Crippen LogP contribution in [0.1, 0.15) is 42.1 Å². The minimum Gasteiger partial charge on any atom is -0.481 e. The Hall–Kier alpha value is -4.10. The van der Waals surface area contributed by atoms with Crippen molar-refractivity contribution in [1.82, 2.24) is 4.90 Å². The fraction of sp³-hybridized carbons (Fsp3) is 0.194. The van der Waals surface area contributed by atoms with Crippen molar-refractivity contribution in [2.45, 2.75) is 38.3 Å². The Labute approximate surface area is 219 Å². The van der Waals surface area contributed by atoms with E-state index in [1.165, 1.54) is 18.2 Å². The lowest BCUT2D eigenvalue weighted by Gasteiger charge is -2.37. The van der Waals surface area contributed by atoms with E-state index >= 15 is 0 Å². The van der Waals surface area contributed by atoms with Crippen molar-refractivity contribution in [3.63, 3.8) is 0 Å². The second-order valence-electron chi connectivity index (χ2n) is 9.06. The Morgan fingerprint density at radius 2 is 1.39 bits per heavy atom. The summed E-state index contributed by atoms with van der Waals surface area (Å²) in [6.45, 7) is 2.56. The number of aliphatic carboxylic acids is 1. The molecule has 2 atom stereocenters. The third-order valence-electron chi connectivity index (χ3n) is 6.43. The minimum atomic E-state index is -4.79. The SMILES string of the molecule is CC(c1ccccc1)N(Cc1ccccc1)C(CC(=O)O)c1cccc(-c2cccc(OC(F)(F)F)c2)c1. The molecule has 4 aromatic carbocycles. The average Bonchev–Trinajstić information content (AvgIpc) is 2.90. The molecule has 0 saturated carbocycles. The molecule has 0 aliphatic rings. The molecule has 0 radical (unpaired) electrons. The van der Waals surface area contributed by atoms with Gasteiger partial charge in [-0.25, -0.2) is 0 Å². The lowest BCUT2D eigenvalue weighted by molar-refractivity contribution is -0.274. The lowest BCUT2D eigenvalue weighted by atomic mass is 9.94. The molecular formula is C31H28F3NO3. The van der Waals surface area contributed by atoms with E-state index in [1.807, 2.05) is 72.8 Å². The number of alkyl halides is 3. The molecule has 1 N–H and O–H groups in total. The molecule has 0 amide bonds. The normalized spacial score (nSPS) is 13.2. The highest BCUT2D eigenvalue weighted by Crippen LogP contribution is 2.37. The van der Waals surface area contributed by atoms with Crippen molar-refractivity contribution >= 4 is 5.97 Å². The van der Waals surface area contributed by atoms with Crippen LogP contribution in [0.4, 0.5) is 13.2 Å². The second-order valence-corrected chi connectivity index (χ2v) is 9.06. The van der Waals surface area contributed by atoms with Gasteiger partial charge in [-0.1, -0.05) is 91.0 Å². The molecule has 38 heavy (non-hydrogen) atoms. The largest absolute Gasteiger partial charge is 0.573 e. The topological polar surface area (TPSA) is 49.8 Å². The van der Waals surface area contributed by atoms with Gasteiger partial charge in [-0.3, -0.25) is 9.69 Å². The van der Waals surface area contributed by atoms with Crippen molar-refractivity contribution in [2.75, 3.05) is 0 Å². The van der Waals surface area contributed by atoms with Crippen LogP contribution in [0.25, 0.3) is 11.1 Å². The minimum absolute atomic E-state index is 0.118. The van der Waals surface area contributed by atoms with E-state index < -0.39 is 18.4 Å². The van der Waals surface area contributed by atoms with Crippen molar-refractivity contribution in [3.05, 3.63) is 126 Å². The first-order valence-corrected chi connectivity index (χ1v) is 12.2. The van der Waals surface area contributed by atoms with Gasteiger partial charge in [-0.05, 0) is 52.9 Å². The summed E-state index contributed by atoms with van der Waals surface area (Å²) < 4.78 is 42.4. The Balaban J connectivity index is 1.75. The quantitative estimate of drug-likeness (QED) is 0.230.